The number of ether oxygens (including phenoxy) is 2. The molecule has 0 spiro atoms. The van der Waals surface area contributed by atoms with Crippen LogP contribution < -0.4 is 14.8 Å². The van der Waals surface area contributed by atoms with Gasteiger partial charge in [0, 0.05) is 12.6 Å². The van der Waals surface area contributed by atoms with Crippen LogP contribution >= 0.6 is 0 Å². The molecule has 1 heterocycles. The van der Waals surface area contributed by atoms with Gasteiger partial charge in [0.25, 0.3) is 0 Å². The Balaban J connectivity index is 1.86. The number of benzene rings is 1. The molecular weight excluding hydrogens is 299 g/mol. The largest absolute Gasteiger partial charge is 0.493 e. The molecule has 0 radical (unpaired) electrons. The van der Waals surface area contributed by atoms with Crippen molar-refractivity contribution in [3.63, 3.8) is 0 Å². The zero-order valence-electron chi connectivity index (χ0n) is 13.1. The maximum Gasteiger partial charge on any atom is 0.220 e. The summed E-state index contributed by atoms with van der Waals surface area (Å²) in [4.78, 5) is 15.8. The fraction of sp³-hybridized carbons (Fsp3) is 0.294. The Labute approximate surface area is 134 Å². The number of carbonyl (C=O) groups excluding carboxylic acids is 1. The second-order valence-corrected chi connectivity index (χ2v) is 4.90. The third-order valence-corrected chi connectivity index (χ3v) is 3.38. The molecule has 122 valence electrons. The maximum absolute atomic E-state index is 13.4. The molecule has 2 rings (SSSR count). The van der Waals surface area contributed by atoms with Gasteiger partial charge in [-0.05, 0) is 36.2 Å². The normalized spacial score (nSPS) is 10.2. The van der Waals surface area contributed by atoms with E-state index >= 15 is 0 Å². The molecule has 0 aliphatic carbocycles. The van der Waals surface area contributed by atoms with Crippen LogP contribution in [0.15, 0.2) is 36.5 Å². The van der Waals surface area contributed by atoms with E-state index in [1.165, 1.54) is 18.3 Å². The number of hydrogen-bond acceptors (Lipinski definition) is 4. The maximum atomic E-state index is 13.4. The van der Waals surface area contributed by atoms with Crippen molar-refractivity contribution in [1.82, 2.24) is 10.3 Å². The van der Waals surface area contributed by atoms with E-state index < -0.39 is 5.82 Å². The highest BCUT2D eigenvalue weighted by molar-refractivity contribution is 5.76. The van der Waals surface area contributed by atoms with Gasteiger partial charge in [-0.1, -0.05) is 6.07 Å². The highest BCUT2D eigenvalue weighted by Gasteiger charge is 2.08. The Morgan fingerprint density at radius 3 is 2.70 bits per heavy atom. The molecule has 0 saturated heterocycles. The lowest BCUT2D eigenvalue weighted by molar-refractivity contribution is -0.121. The molecule has 0 atom stereocenters. The van der Waals surface area contributed by atoms with E-state index in [1.54, 1.807) is 20.3 Å². The second-order valence-electron chi connectivity index (χ2n) is 4.90. The number of amides is 1. The van der Waals surface area contributed by atoms with Gasteiger partial charge in [0.2, 0.25) is 5.91 Å². The van der Waals surface area contributed by atoms with E-state index in [-0.39, 0.29) is 18.1 Å². The first-order chi connectivity index (χ1) is 11.1. The lowest BCUT2D eigenvalue weighted by Crippen LogP contribution is -2.24. The van der Waals surface area contributed by atoms with Crippen molar-refractivity contribution in [2.45, 2.75) is 19.4 Å². The Morgan fingerprint density at radius 1 is 1.22 bits per heavy atom. The molecule has 1 aromatic carbocycles. The number of pyridine rings is 1. The molecule has 1 N–H and O–H groups in total. The number of carbonyl (C=O) groups is 1. The molecule has 6 heteroatoms. The van der Waals surface area contributed by atoms with Crippen LogP contribution in [-0.4, -0.2) is 25.1 Å². The Hall–Kier alpha value is -2.63. The van der Waals surface area contributed by atoms with Crippen LogP contribution in [0.4, 0.5) is 4.39 Å². The van der Waals surface area contributed by atoms with Crippen molar-refractivity contribution in [2.75, 3.05) is 14.2 Å². The molecule has 0 aliphatic rings. The molecule has 23 heavy (non-hydrogen) atoms. The Morgan fingerprint density at radius 2 is 2.00 bits per heavy atom. The third kappa shape index (κ3) is 4.67. The summed E-state index contributed by atoms with van der Waals surface area (Å²) in [5, 5.41) is 2.66. The number of hydrogen-bond donors (Lipinski definition) is 1. The van der Waals surface area contributed by atoms with E-state index in [0.29, 0.717) is 24.3 Å². The van der Waals surface area contributed by atoms with E-state index in [0.717, 1.165) is 5.56 Å². The number of nitrogens with zero attached hydrogens (tertiary/aromatic N) is 1. The van der Waals surface area contributed by atoms with Crippen LogP contribution in [0.1, 0.15) is 17.7 Å². The van der Waals surface area contributed by atoms with Crippen LogP contribution in [-0.2, 0) is 17.8 Å². The lowest BCUT2D eigenvalue weighted by Gasteiger charge is -2.10. The molecule has 5 nitrogen and oxygen atoms in total. The zero-order chi connectivity index (χ0) is 16.7. The van der Waals surface area contributed by atoms with Crippen LogP contribution in [0.5, 0.6) is 11.5 Å². The van der Waals surface area contributed by atoms with Gasteiger partial charge < -0.3 is 14.8 Å². The highest BCUT2D eigenvalue weighted by atomic mass is 19.1. The third-order valence-electron chi connectivity index (χ3n) is 3.38. The molecular formula is C17H19FN2O3. The first-order valence-electron chi connectivity index (χ1n) is 7.21. The van der Waals surface area contributed by atoms with Gasteiger partial charge in [-0.3, -0.25) is 9.78 Å². The van der Waals surface area contributed by atoms with Crippen molar-refractivity contribution >= 4 is 5.91 Å². The summed E-state index contributed by atoms with van der Waals surface area (Å²) in [6, 6.07) is 8.35. The lowest BCUT2D eigenvalue weighted by atomic mass is 10.1. The van der Waals surface area contributed by atoms with Crippen molar-refractivity contribution in [1.29, 1.82) is 0 Å². The van der Waals surface area contributed by atoms with Crippen molar-refractivity contribution in [3.8, 4) is 11.5 Å². The van der Waals surface area contributed by atoms with Gasteiger partial charge in [-0.2, -0.15) is 0 Å². The predicted octanol–water partition coefficient (Wildman–Crippen LogP) is 2.49. The second kappa shape index (κ2) is 8.12. The van der Waals surface area contributed by atoms with Crippen molar-refractivity contribution < 1.29 is 18.7 Å². The Kier molecular flexibility index (Phi) is 5.91. The van der Waals surface area contributed by atoms with Crippen LogP contribution in [0, 0.1) is 5.82 Å². The molecule has 0 unspecified atom stereocenters. The number of methoxy groups -OCH3 is 2. The smallest absolute Gasteiger partial charge is 0.220 e. The molecule has 0 saturated carbocycles. The predicted molar refractivity (Wildman–Crippen MR) is 83.9 cm³/mol. The van der Waals surface area contributed by atoms with E-state index in [4.69, 9.17) is 9.47 Å². The SMILES string of the molecule is COc1ccc(CCC(=O)NCc2ncccc2F)cc1OC. The molecule has 1 aromatic heterocycles. The summed E-state index contributed by atoms with van der Waals surface area (Å²) in [6.07, 6.45) is 2.34. The van der Waals surface area contributed by atoms with Crippen LogP contribution in [0.2, 0.25) is 0 Å². The standard InChI is InChI=1S/C17H19FN2O3/c1-22-15-7-5-12(10-16(15)23-2)6-8-17(21)20-11-14-13(18)4-3-9-19-14/h3-5,7,9-10H,6,8,11H2,1-2H3,(H,20,21). The minimum absolute atomic E-state index is 0.0808. The van der Waals surface area contributed by atoms with Crippen molar-refractivity contribution in [3.05, 3.63) is 53.6 Å². The molecule has 2 aromatic rings. The van der Waals surface area contributed by atoms with Gasteiger partial charge >= 0.3 is 0 Å². The van der Waals surface area contributed by atoms with Gasteiger partial charge in [-0.25, -0.2) is 4.39 Å². The number of aryl methyl sites for hydroxylation is 1. The van der Waals surface area contributed by atoms with E-state index in [2.05, 4.69) is 10.3 Å². The number of rotatable bonds is 7. The number of nitrogens with one attached hydrogen (secondary N) is 1. The highest BCUT2D eigenvalue weighted by Crippen LogP contribution is 2.27. The fourth-order valence-corrected chi connectivity index (χ4v) is 2.11. The van der Waals surface area contributed by atoms with E-state index in [1.807, 2.05) is 12.1 Å². The molecule has 0 bridgehead atoms. The molecule has 1 amide bonds. The first-order valence-corrected chi connectivity index (χ1v) is 7.21. The summed E-state index contributed by atoms with van der Waals surface area (Å²) in [7, 11) is 3.14. The minimum Gasteiger partial charge on any atom is -0.493 e. The van der Waals surface area contributed by atoms with Gasteiger partial charge in [-0.15, -0.1) is 0 Å². The van der Waals surface area contributed by atoms with Crippen LogP contribution in [0.3, 0.4) is 0 Å². The topological polar surface area (TPSA) is 60.5 Å². The monoisotopic (exact) mass is 318 g/mol. The fourth-order valence-electron chi connectivity index (χ4n) is 2.11. The average molecular weight is 318 g/mol. The van der Waals surface area contributed by atoms with Gasteiger partial charge in [0.1, 0.15) is 5.82 Å². The Bertz CT molecular complexity index is 677. The van der Waals surface area contributed by atoms with Crippen LogP contribution in [0.25, 0.3) is 0 Å². The van der Waals surface area contributed by atoms with E-state index in [9.17, 15) is 9.18 Å². The number of aromatic nitrogens is 1. The summed E-state index contributed by atoms with van der Waals surface area (Å²) < 4.78 is 23.8. The van der Waals surface area contributed by atoms with Gasteiger partial charge in [0.15, 0.2) is 11.5 Å². The summed E-state index contributed by atoms with van der Waals surface area (Å²) in [5.74, 6) is 0.685. The molecule has 0 aliphatic heterocycles. The summed E-state index contributed by atoms with van der Waals surface area (Å²) in [6.45, 7) is 0.0808. The molecule has 0 fully saturated rings. The van der Waals surface area contributed by atoms with Crippen molar-refractivity contribution in [2.24, 2.45) is 0 Å². The first kappa shape index (κ1) is 16.7. The quantitative estimate of drug-likeness (QED) is 0.852. The zero-order valence-corrected chi connectivity index (χ0v) is 13.1. The average Bonchev–Trinajstić information content (AvgIpc) is 2.58. The number of halogens is 1. The summed E-state index contributed by atoms with van der Waals surface area (Å²) in [5.41, 5.74) is 1.19. The minimum atomic E-state index is -0.423. The van der Waals surface area contributed by atoms with Gasteiger partial charge in [0.05, 0.1) is 26.5 Å². The summed E-state index contributed by atoms with van der Waals surface area (Å²) >= 11 is 0.